The summed E-state index contributed by atoms with van der Waals surface area (Å²) in [5, 5.41) is 12.2. The zero-order valence-electron chi connectivity index (χ0n) is 11.9. The molecule has 100 valence electrons. The Morgan fingerprint density at radius 2 is 2.00 bits per heavy atom. The van der Waals surface area contributed by atoms with E-state index in [0.717, 1.165) is 11.1 Å². The van der Waals surface area contributed by atoms with Gasteiger partial charge in [0.15, 0.2) is 0 Å². The fraction of sp³-hybridized carbons (Fsp3) is 0.533. The van der Waals surface area contributed by atoms with Gasteiger partial charge in [0.25, 0.3) is 0 Å². The highest BCUT2D eigenvalue weighted by molar-refractivity contribution is 5.73. The second-order valence-corrected chi connectivity index (χ2v) is 5.76. The molecule has 1 unspecified atom stereocenters. The fourth-order valence-electron chi connectivity index (χ4n) is 1.95. The van der Waals surface area contributed by atoms with Gasteiger partial charge in [-0.3, -0.25) is 4.79 Å². The lowest BCUT2D eigenvalue weighted by atomic mass is 9.84. The first-order valence-corrected chi connectivity index (χ1v) is 6.24. The molecule has 0 aromatic heterocycles. The van der Waals surface area contributed by atoms with E-state index in [1.807, 2.05) is 13.0 Å². The number of rotatable bonds is 3. The third kappa shape index (κ3) is 3.57. The second kappa shape index (κ2) is 5.53. The Morgan fingerprint density at radius 3 is 2.44 bits per heavy atom. The standard InChI is InChI=1S/C15H23NO2/c1-10-6-7-12(15(3,4)5)8-13(10)14(9-17)16-11(2)18/h6-8,14,17H,9H2,1-5H3,(H,16,18). The minimum Gasteiger partial charge on any atom is -0.394 e. The Balaban J connectivity index is 3.17. The summed E-state index contributed by atoms with van der Waals surface area (Å²) in [5.41, 5.74) is 3.32. The Morgan fingerprint density at radius 1 is 1.39 bits per heavy atom. The normalized spacial score (nSPS) is 13.2. The molecule has 0 aliphatic carbocycles. The van der Waals surface area contributed by atoms with E-state index >= 15 is 0 Å². The summed E-state index contributed by atoms with van der Waals surface area (Å²) in [4.78, 5) is 11.2. The number of aryl methyl sites for hydroxylation is 1. The molecule has 1 atom stereocenters. The molecule has 0 saturated heterocycles. The van der Waals surface area contributed by atoms with Crippen LogP contribution < -0.4 is 5.32 Å². The lowest BCUT2D eigenvalue weighted by molar-refractivity contribution is -0.120. The summed E-state index contributed by atoms with van der Waals surface area (Å²) in [6.07, 6.45) is 0. The number of carbonyl (C=O) groups excluding carboxylic acids is 1. The monoisotopic (exact) mass is 249 g/mol. The van der Waals surface area contributed by atoms with Gasteiger partial charge in [-0.05, 0) is 29.0 Å². The maximum absolute atomic E-state index is 11.2. The molecule has 3 nitrogen and oxygen atoms in total. The Kier molecular flexibility index (Phi) is 4.52. The van der Waals surface area contributed by atoms with Gasteiger partial charge in [0.1, 0.15) is 0 Å². The van der Waals surface area contributed by atoms with E-state index < -0.39 is 0 Å². The van der Waals surface area contributed by atoms with Crippen molar-refractivity contribution >= 4 is 5.91 Å². The molecule has 0 saturated carbocycles. The minimum atomic E-state index is -0.329. The maximum Gasteiger partial charge on any atom is 0.217 e. The molecule has 3 heteroatoms. The molecular weight excluding hydrogens is 226 g/mol. The summed E-state index contributed by atoms with van der Waals surface area (Å²) in [6, 6.07) is 5.89. The van der Waals surface area contributed by atoms with Gasteiger partial charge in [0.2, 0.25) is 5.91 Å². The van der Waals surface area contributed by atoms with Crippen molar-refractivity contribution < 1.29 is 9.90 Å². The number of benzene rings is 1. The van der Waals surface area contributed by atoms with Crippen LogP contribution in [0, 0.1) is 6.92 Å². The molecule has 0 heterocycles. The quantitative estimate of drug-likeness (QED) is 0.864. The lowest BCUT2D eigenvalue weighted by Crippen LogP contribution is -2.29. The van der Waals surface area contributed by atoms with E-state index in [4.69, 9.17) is 0 Å². The average Bonchev–Trinajstić information content (AvgIpc) is 2.25. The van der Waals surface area contributed by atoms with Crippen LogP contribution in [0.4, 0.5) is 0 Å². The summed E-state index contributed by atoms with van der Waals surface area (Å²) >= 11 is 0. The van der Waals surface area contributed by atoms with Crippen LogP contribution in [0.1, 0.15) is 50.4 Å². The van der Waals surface area contributed by atoms with Gasteiger partial charge in [-0.1, -0.05) is 39.0 Å². The minimum absolute atomic E-state index is 0.0542. The first kappa shape index (κ1) is 14.7. The number of aliphatic hydroxyl groups excluding tert-OH is 1. The van der Waals surface area contributed by atoms with E-state index in [1.54, 1.807) is 0 Å². The largest absolute Gasteiger partial charge is 0.394 e. The van der Waals surface area contributed by atoms with Crippen LogP contribution >= 0.6 is 0 Å². The summed E-state index contributed by atoms with van der Waals surface area (Å²) in [7, 11) is 0. The Labute approximate surface area is 109 Å². The second-order valence-electron chi connectivity index (χ2n) is 5.76. The van der Waals surface area contributed by atoms with Crippen LogP contribution in [0.2, 0.25) is 0 Å². The van der Waals surface area contributed by atoms with Crippen LogP contribution in [-0.4, -0.2) is 17.6 Å². The molecule has 2 N–H and O–H groups in total. The van der Waals surface area contributed by atoms with Gasteiger partial charge >= 0.3 is 0 Å². The van der Waals surface area contributed by atoms with Crippen LogP contribution in [0.25, 0.3) is 0 Å². The van der Waals surface area contributed by atoms with Gasteiger partial charge < -0.3 is 10.4 Å². The predicted octanol–water partition coefficient (Wildman–Crippen LogP) is 2.46. The number of hydrogen-bond acceptors (Lipinski definition) is 2. The maximum atomic E-state index is 11.2. The molecular formula is C15H23NO2. The summed E-state index contributed by atoms with van der Waals surface area (Å²) < 4.78 is 0. The smallest absolute Gasteiger partial charge is 0.217 e. The molecule has 0 radical (unpaired) electrons. The molecule has 0 bridgehead atoms. The molecule has 1 aromatic carbocycles. The highest BCUT2D eigenvalue weighted by atomic mass is 16.3. The first-order chi connectivity index (χ1) is 8.25. The fourth-order valence-corrected chi connectivity index (χ4v) is 1.95. The van der Waals surface area contributed by atoms with Crippen molar-refractivity contribution in [3.05, 3.63) is 34.9 Å². The van der Waals surface area contributed by atoms with Gasteiger partial charge in [0, 0.05) is 6.92 Å². The number of aliphatic hydroxyl groups is 1. The Hall–Kier alpha value is -1.35. The molecule has 1 aromatic rings. The molecule has 0 aliphatic heterocycles. The van der Waals surface area contributed by atoms with E-state index in [2.05, 4.69) is 38.2 Å². The number of amides is 1. The van der Waals surface area contributed by atoms with Crippen molar-refractivity contribution in [2.45, 2.75) is 46.1 Å². The Bertz CT molecular complexity index is 433. The van der Waals surface area contributed by atoms with Crippen molar-refractivity contribution in [1.82, 2.24) is 5.32 Å². The first-order valence-electron chi connectivity index (χ1n) is 6.24. The summed E-state index contributed by atoms with van der Waals surface area (Å²) in [5.74, 6) is -0.130. The number of carbonyl (C=O) groups is 1. The van der Waals surface area contributed by atoms with E-state index in [-0.39, 0.29) is 24.0 Å². The average molecular weight is 249 g/mol. The molecule has 18 heavy (non-hydrogen) atoms. The predicted molar refractivity (Wildman–Crippen MR) is 73.5 cm³/mol. The SMILES string of the molecule is CC(=O)NC(CO)c1cc(C(C)(C)C)ccc1C. The van der Waals surface area contributed by atoms with Crippen molar-refractivity contribution in [2.75, 3.05) is 6.61 Å². The van der Waals surface area contributed by atoms with E-state index in [1.165, 1.54) is 12.5 Å². The topological polar surface area (TPSA) is 49.3 Å². The van der Waals surface area contributed by atoms with Gasteiger partial charge in [0.05, 0.1) is 12.6 Å². The molecule has 0 aliphatic rings. The van der Waals surface area contributed by atoms with Crippen LogP contribution in [0.5, 0.6) is 0 Å². The van der Waals surface area contributed by atoms with Crippen molar-refractivity contribution in [3.63, 3.8) is 0 Å². The molecule has 1 rings (SSSR count). The van der Waals surface area contributed by atoms with Crippen LogP contribution in [0.3, 0.4) is 0 Å². The van der Waals surface area contributed by atoms with E-state index in [0.29, 0.717) is 0 Å². The van der Waals surface area contributed by atoms with E-state index in [9.17, 15) is 9.90 Å². The van der Waals surface area contributed by atoms with Crippen molar-refractivity contribution in [1.29, 1.82) is 0 Å². The molecule has 0 fully saturated rings. The zero-order valence-corrected chi connectivity index (χ0v) is 11.9. The van der Waals surface area contributed by atoms with Gasteiger partial charge in [-0.2, -0.15) is 0 Å². The van der Waals surface area contributed by atoms with Crippen molar-refractivity contribution in [3.8, 4) is 0 Å². The highest BCUT2D eigenvalue weighted by Gasteiger charge is 2.19. The van der Waals surface area contributed by atoms with Gasteiger partial charge in [-0.25, -0.2) is 0 Å². The highest BCUT2D eigenvalue weighted by Crippen LogP contribution is 2.27. The zero-order chi connectivity index (χ0) is 13.9. The number of nitrogens with one attached hydrogen (secondary N) is 1. The number of hydrogen-bond donors (Lipinski definition) is 2. The van der Waals surface area contributed by atoms with Gasteiger partial charge in [-0.15, -0.1) is 0 Å². The summed E-state index contributed by atoms with van der Waals surface area (Å²) in [6.45, 7) is 9.81. The van der Waals surface area contributed by atoms with Crippen LogP contribution in [0.15, 0.2) is 18.2 Å². The third-order valence-electron chi connectivity index (χ3n) is 3.08. The third-order valence-corrected chi connectivity index (χ3v) is 3.08. The van der Waals surface area contributed by atoms with Crippen LogP contribution in [-0.2, 0) is 10.2 Å². The molecule has 1 amide bonds. The molecule has 0 spiro atoms. The lowest BCUT2D eigenvalue weighted by Gasteiger charge is -2.24. The van der Waals surface area contributed by atoms with Crippen molar-refractivity contribution in [2.24, 2.45) is 0 Å².